The number of hydrogen-bond acceptors (Lipinski definition) is 3. The average Bonchev–Trinajstić information content (AvgIpc) is 3.43. The first-order valence-corrected chi connectivity index (χ1v) is 17.5. The molecule has 0 radical (unpaired) electrons. The lowest BCUT2D eigenvalue weighted by Gasteiger charge is -2.24. The molecule has 1 aliphatic carbocycles. The Kier molecular flexibility index (Phi) is 6.53. The van der Waals surface area contributed by atoms with E-state index < -0.39 is 0 Å². The predicted molar refractivity (Wildman–Crippen MR) is 212 cm³/mol. The van der Waals surface area contributed by atoms with Gasteiger partial charge in [0.2, 0.25) is 0 Å². The molecular formula is C48H33N3. The molecule has 0 spiro atoms. The molecule has 9 aromatic rings. The minimum Gasteiger partial charge on any atom is -0.208 e. The van der Waals surface area contributed by atoms with Crippen LogP contribution in [0.5, 0.6) is 0 Å². The Balaban J connectivity index is 1.18. The molecule has 0 unspecified atom stereocenters. The molecule has 0 saturated heterocycles. The van der Waals surface area contributed by atoms with Crippen LogP contribution in [0, 0.1) is 0 Å². The summed E-state index contributed by atoms with van der Waals surface area (Å²) in [7, 11) is 0. The second-order valence-electron chi connectivity index (χ2n) is 14.0. The second kappa shape index (κ2) is 11.3. The molecule has 0 bridgehead atoms. The van der Waals surface area contributed by atoms with Gasteiger partial charge in [-0.3, -0.25) is 0 Å². The number of benzene rings is 8. The number of aromatic nitrogens is 3. The summed E-state index contributed by atoms with van der Waals surface area (Å²) < 4.78 is 0. The van der Waals surface area contributed by atoms with Gasteiger partial charge in [0.25, 0.3) is 0 Å². The number of hydrogen-bond donors (Lipinski definition) is 0. The van der Waals surface area contributed by atoms with Crippen molar-refractivity contribution < 1.29 is 0 Å². The molecule has 1 aromatic heterocycles. The fourth-order valence-electron chi connectivity index (χ4n) is 8.29. The van der Waals surface area contributed by atoms with E-state index in [-0.39, 0.29) is 5.41 Å². The van der Waals surface area contributed by atoms with Crippen molar-refractivity contribution in [3.63, 3.8) is 0 Å². The lowest BCUT2D eigenvalue weighted by Crippen LogP contribution is -2.16. The molecule has 3 heteroatoms. The van der Waals surface area contributed by atoms with Crippen LogP contribution < -0.4 is 0 Å². The molecule has 0 saturated carbocycles. The van der Waals surface area contributed by atoms with Crippen molar-refractivity contribution in [2.45, 2.75) is 19.3 Å². The van der Waals surface area contributed by atoms with Gasteiger partial charge in [0.15, 0.2) is 17.5 Å². The van der Waals surface area contributed by atoms with Crippen LogP contribution in [0.1, 0.15) is 25.0 Å². The molecule has 0 aliphatic heterocycles. The van der Waals surface area contributed by atoms with Crippen LogP contribution in [0.25, 0.3) is 88.7 Å². The summed E-state index contributed by atoms with van der Waals surface area (Å²) in [6.07, 6.45) is 0. The highest BCUT2D eigenvalue weighted by molar-refractivity contribution is 6.21. The Hall–Kier alpha value is -6.45. The molecule has 0 amide bonds. The summed E-state index contributed by atoms with van der Waals surface area (Å²) in [6, 6.07) is 58.3. The summed E-state index contributed by atoms with van der Waals surface area (Å²) in [5.74, 6) is 1.97. The third kappa shape index (κ3) is 4.62. The van der Waals surface area contributed by atoms with Crippen molar-refractivity contribution in [1.29, 1.82) is 0 Å². The van der Waals surface area contributed by atoms with Gasteiger partial charge in [-0.2, -0.15) is 0 Å². The van der Waals surface area contributed by atoms with Crippen molar-refractivity contribution in [1.82, 2.24) is 15.0 Å². The largest absolute Gasteiger partial charge is 0.208 e. The van der Waals surface area contributed by atoms with Gasteiger partial charge in [-0.25, -0.2) is 15.0 Å². The highest BCUT2D eigenvalue weighted by atomic mass is 15.0. The van der Waals surface area contributed by atoms with E-state index in [2.05, 4.69) is 159 Å². The fourth-order valence-corrected chi connectivity index (χ4v) is 8.29. The highest BCUT2D eigenvalue weighted by Gasteiger charge is 2.37. The molecule has 0 N–H and O–H groups in total. The Morgan fingerprint density at radius 1 is 0.392 bits per heavy atom. The first-order chi connectivity index (χ1) is 25.0. The van der Waals surface area contributed by atoms with Gasteiger partial charge in [-0.05, 0) is 66.4 Å². The van der Waals surface area contributed by atoms with Crippen molar-refractivity contribution in [2.75, 3.05) is 0 Å². The van der Waals surface area contributed by atoms with E-state index in [1.165, 1.54) is 44.2 Å². The molecule has 240 valence electrons. The normalized spacial score (nSPS) is 13.1. The lowest BCUT2D eigenvalue weighted by atomic mass is 9.79. The zero-order chi connectivity index (χ0) is 34.1. The summed E-state index contributed by atoms with van der Waals surface area (Å²) in [5.41, 5.74) is 10.7. The molecule has 10 rings (SSSR count). The van der Waals surface area contributed by atoms with Crippen LogP contribution >= 0.6 is 0 Å². The monoisotopic (exact) mass is 651 g/mol. The Labute approximate surface area is 297 Å². The zero-order valence-corrected chi connectivity index (χ0v) is 28.4. The van der Waals surface area contributed by atoms with Crippen LogP contribution in [0.4, 0.5) is 0 Å². The van der Waals surface area contributed by atoms with E-state index in [1.807, 2.05) is 18.2 Å². The van der Waals surface area contributed by atoms with Crippen LogP contribution in [0.3, 0.4) is 0 Å². The maximum Gasteiger partial charge on any atom is 0.165 e. The molecule has 1 heterocycles. The Morgan fingerprint density at radius 3 is 1.76 bits per heavy atom. The smallest absolute Gasteiger partial charge is 0.165 e. The molecular weight excluding hydrogens is 619 g/mol. The summed E-state index contributed by atoms with van der Waals surface area (Å²) in [4.78, 5) is 15.6. The van der Waals surface area contributed by atoms with E-state index in [0.717, 1.165) is 38.2 Å². The molecule has 0 fully saturated rings. The fraction of sp³-hybridized carbons (Fsp3) is 0.0625. The van der Waals surface area contributed by atoms with Gasteiger partial charge < -0.3 is 0 Å². The minimum absolute atomic E-state index is 0.0969. The van der Waals surface area contributed by atoms with Gasteiger partial charge in [0.1, 0.15) is 0 Å². The van der Waals surface area contributed by atoms with E-state index in [1.54, 1.807) is 0 Å². The molecule has 3 nitrogen and oxygen atoms in total. The van der Waals surface area contributed by atoms with Crippen LogP contribution in [-0.2, 0) is 5.41 Å². The molecule has 8 aromatic carbocycles. The zero-order valence-electron chi connectivity index (χ0n) is 28.4. The maximum absolute atomic E-state index is 5.29. The van der Waals surface area contributed by atoms with Crippen molar-refractivity contribution in [2.24, 2.45) is 0 Å². The third-order valence-electron chi connectivity index (χ3n) is 10.7. The van der Waals surface area contributed by atoms with Gasteiger partial charge >= 0.3 is 0 Å². The molecule has 51 heavy (non-hydrogen) atoms. The lowest BCUT2D eigenvalue weighted by molar-refractivity contribution is 0.662. The van der Waals surface area contributed by atoms with E-state index >= 15 is 0 Å². The summed E-state index contributed by atoms with van der Waals surface area (Å²) in [6.45, 7) is 4.68. The quantitative estimate of drug-likeness (QED) is 0.140. The first-order valence-electron chi connectivity index (χ1n) is 17.5. The van der Waals surface area contributed by atoms with Crippen molar-refractivity contribution >= 4 is 32.3 Å². The second-order valence-corrected chi connectivity index (χ2v) is 14.0. The minimum atomic E-state index is -0.0969. The van der Waals surface area contributed by atoms with Crippen molar-refractivity contribution in [3.05, 3.63) is 175 Å². The number of rotatable bonds is 4. The van der Waals surface area contributed by atoms with Gasteiger partial charge in [-0.15, -0.1) is 0 Å². The summed E-state index contributed by atoms with van der Waals surface area (Å²) in [5, 5.41) is 6.96. The van der Waals surface area contributed by atoms with E-state index in [4.69, 9.17) is 15.0 Å². The van der Waals surface area contributed by atoms with Crippen molar-refractivity contribution in [3.8, 4) is 56.4 Å². The standard InChI is InChI=1S/C48H33N3/c1-48(2)41-22-11-10-19-39(41)40-21-12-20-38(44(40)48)31-23-26-33(27-24-31)46-49-45(32-14-4-3-5-15-32)50-47(51-46)43-37-18-9-7-16-34(37)29-35-28-25-30-13-6-8-17-36(30)42(35)43/h3-29H,1-2H3. The predicted octanol–water partition coefficient (Wildman–Crippen LogP) is 12.3. The SMILES string of the molecule is CC1(C)c2ccccc2-c2cccc(-c3ccc(-c4nc(-c5ccccc5)nc(-c5c6ccccc6cc6ccc7ccccc7c56)n4)cc3)c21. The summed E-state index contributed by atoms with van der Waals surface area (Å²) >= 11 is 0. The third-order valence-corrected chi connectivity index (χ3v) is 10.7. The van der Waals surface area contributed by atoms with Gasteiger partial charge in [0.05, 0.1) is 0 Å². The van der Waals surface area contributed by atoms with Crippen LogP contribution in [0.2, 0.25) is 0 Å². The maximum atomic E-state index is 5.29. The number of fused-ring (bicyclic) bond motifs is 7. The molecule has 0 atom stereocenters. The van der Waals surface area contributed by atoms with E-state index in [9.17, 15) is 0 Å². The highest BCUT2D eigenvalue weighted by Crippen LogP contribution is 2.52. The van der Waals surface area contributed by atoms with E-state index in [0.29, 0.717) is 17.5 Å². The Morgan fingerprint density at radius 2 is 0.961 bits per heavy atom. The number of nitrogens with zero attached hydrogens (tertiary/aromatic N) is 3. The van der Waals surface area contributed by atoms with Crippen LogP contribution in [-0.4, -0.2) is 15.0 Å². The first kappa shape index (κ1) is 29.5. The Bertz CT molecular complexity index is 2820. The topological polar surface area (TPSA) is 38.7 Å². The average molecular weight is 652 g/mol. The van der Waals surface area contributed by atoms with Gasteiger partial charge in [0, 0.05) is 27.5 Å². The van der Waals surface area contributed by atoms with Crippen LogP contribution in [0.15, 0.2) is 164 Å². The van der Waals surface area contributed by atoms with Gasteiger partial charge in [-0.1, -0.05) is 172 Å². The molecule has 1 aliphatic rings.